The van der Waals surface area contributed by atoms with E-state index in [2.05, 4.69) is 11.9 Å². The predicted molar refractivity (Wildman–Crippen MR) is 85.4 cm³/mol. The van der Waals surface area contributed by atoms with Crippen LogP contribution >= 0.6 is 12.2 Å². The summed E-state index contributed by atoms with van der Waals surface area (Å²) in [5.74, 6) is -1.86. The number of carbonyl (C=O) groups excluding carboxylic acids is 2. The molecule has 1 heterocycles. The quantitative estimate of drug-likeness (QED) is 0.213. The third kappa shape index (κ3) is 3.24. The number of amides is 2. The molecule has 23 heavy (non-hydrogen) atoms. The summed E-state index contributed by atoms with van der Waals surface area (Å²) in [6, 6.07) is 3.49. The fourth-order valence-electron chi connectivity index (χ4n) is 1.94. The minimum absolute atomic E-state index is 0.0244. The van der Waals surface area contributed by atoms with Crippen molar-refractivity contribution in [2.45, 2.75) is 0 Å². The molecule has 2 amide bonds. The van der Waals surface area contributed by atoms with E-state index in [0.29, 0.717) is 0 Å². The maximum atomic E-state index is 12.3. The number of nitro groups is 1. The Labute approximate surface area is 135 Å². The zero-order chi connectivity index (χ0) is 17.1. The Balaban J connectivity index is 2.40. The van der Waals surface area contributed by atoms with Gasteiger partial charge in [0.05, 0.1) is 4.92 Å². The number of phenolic OH excluding ortho intramolecular Hbond substituents is 1. The first-order valence-corrected chi connectivity index (χ1v) is 6.73. The molecular formula is C14H11N3O5S. The molecule has 118 valence electrons. The van der Waals surface area contributed by atoms with Crippen LogP contribution in [-0.2, 0) is 9.59 Å². The van der Waals surface area contributed by atoms with Crippen LogP contribution < -0.4 is 5.32 Å². The van der Waals surface area contributed by atoms with Crippen molar-refractivity contribution in [3.63, 3.8) is 0 Å². The Morgan fingerprint density at radius 3 is 2.70 bits per heavy atom. The minimum Gasteiger partial charge on any atom is -0.502 e. The molecule has 1 saturated heterocycles. The Bertz CT molecular complexity index is 772. The van der Waals surface area contributed by atoms with E-state index in [1.165, 1.54) is 18.2 Å². The van der Waals surface area contributed by atoms with Crippen LogP contribution in [0.4, 0.5) is 5.69 Å². The number of hydrogen-bond donors (Lipinski definition) is 2. The zero-order valence-corrected chi connectivity index (χ0v) is 12.5. The highest BCUT2D eigenvalue weighted by molar-refractivity contribution is 7.80. The van der Waals surface area contributed by atoms with E-state index in [-0.39, 0.29) is 22.8 Å². The summed E-state index contributed by atoms with van der Waals surface area (Å²) < 4.78 is 0. The van der Waals surface area contributed by atoms with E-state index in [9.17, 15) is 24.8 Å². The Hall–Kier alpha value is -3.07. The Morgan fingerprint density at radius 2 is 2.13 bits per heavy atom. The van der Waals surface area contributed by atoms with Gasteiger partial charge in [0.15, 0.2) is 10.9 Å². The van der Waals surface area contributed by atoms with Crippen LogP contribution in [0, 0.1) is 10.1 Å². The molecule has 0 aliphatic carbocycles. The molecule has 2 N–H and O–H groups in total. The van der Waals surface area contributed by atoms with Gasteiger partial charge in [-0.05, 0) is 36.0 Å². The number of rotatable bonds is 4. The summed E-state index contributed by atoms with van der Waals surface area (Å²) in [6.07, 6.45) is 2.68. The molecule has 0 radical (unpaired) electrons. The number of aromatic hydroxyl groups is 1. The molecule has 0 saturated carbocycles. The molecule has 1 aliphatic rings. The predicted octanol–water partition coefficient (Wildman–Crippen LogP) is 1.11. The van der Waals surface area contributed by atoms with Gasteiger partial charge < -0.3 is 5.11 Å². The monoisotopic (exact) mass is 333 g/mol. The van der Waals surface area contributed by atoms with Crippen LogP contribution in [0.3, 0.4) is 0 Å². The largest absolute Gasteiger partial charge is 0.502 e. The average Bonchev–Trinajstić information content (AvgIpc) is 2.47. The number of benzene rings is 1. The fourth-order valence-corrected chi connectivity index (χ4v) is 2.19. The third-order valence-corrected chi connectivity index (χ3v) is 3.33. The van der Waals surface area contributed by atoms with Crippen LogP contribution in [0.25, 0.3) is 6.08 Å². The van der Waals surface area contributed by atoms with Crippen LogP contribution in [-0.4, -0.2) is 38.4 Å². The molecule has 9 heteroatoms. The second-order valence-corrected chi connectivity index (χ2v) is 4.91. The summed E-state index contributed by atoms with van der Waals surface area (Å²) in [6.45, 7) is 3.63. The first-order chi connectivity index (χ1) is 10.8. The van der Waals surface area contributed by atoms with Crippen molar-refractivity contribution in [1.82, 2.24) is 10.2 Å². The summed E-state index contributed by atoms with van der Waals surface area (Å²) in [5, 5.41) is 22.6. The molecule has 0 bridgehead atoms. The molecule has 1 aromatic carbocycles. The normalized spacial score (nSPS) is 16.4. The van der Waals surface area contributed by atoms with Gasteiger partial charge in [-0.3, -0.25) is 29.9 Å². The fraction of sp³-hybridized carbons (Fsp3) is 0.0714. The van der Waals surface area contributed by atoms with Crippen LogP contribution in [0.15, 0.2) is 36.4 Å². The average molecular weight is 333 g/mol. The van der Waals surface area contributed by atoms with Crippen molar-refractivity contribution in [1.29, 1.82) is 0 Å². The number of nitro benzene ring substituents is 1. The number of carbonyl (C=O) groups is 2. The van der Waals surface area contributed by atoms with Crippen molar-refractivity contribution in [3.8, 4) is 5.75 Å². The Morgan fingerprint density at radius 1 is 1.43 bits per heavy atom. The van der Waals surface area contributed by atoms with Gasteiger partial charge in [-0.25, -0.2) is 0 Å². The first-order valence-electron chi connectivity index (χ1n) is 6.32. The van der Waals surface area contributed by atoms with Gasteiger partial charge in [-0.1, -0.05) is 6.08 Å². The van der Waals surface area contributed by atoms with Crippen molar-refractivity contribution < 1.29 is 19.6 Å². The second-order valence-electron chi connectivity index (χ2n) is 4.53. The molecule has 2 rings (SSSR count). The van der Waals surface area contributed by atoms with Gasteiger partial charge in [0.1, 0.15) is 5.57 Å². The SMILES string of the molecule is C=CCN1C(=O)/C(=C/c2ccc([N+](=O)[O-])c(O)c2)C(=O)NC1=S. The van der Waals surface area contributed by atoms with E-state index in [1.54, 1.807) is 0 Å². The summed E-state index contributed by atoms with van der Waals surface area (Å²) in [5.41, 5.74) is -0.410. The second kappa shape index (κ2) is 6.36. The highest BCUT2D eigenvalue weighted by Crippen LogP contribution is 2.27. The summed E-state index contributed by atoms with van der Waals surface area (Å²) in [4.78, 5) is 35.3. The van der Waals surface area contributed by atoms with Crippen LogP contribution in [0.2, 0.25) is 0 Å². The van der Waals surface area contributed by atoms with Crippen LogP contribution in [0.1, 0.15) is 5.56 Å². The Kier molecular flexibility index (Phi) is 4.51. The molecule has 0 spiro atoms. The van der Waals surface area contributed by atoms with Crippen LogP contribution in [0.5, 0.6) is 5.75 Å². The van der Waals surface area contributed by atoms with E-state index >= 15 is 0 Å². The van der Waals surface area contributed by atoms with E-state index in [4.69, 9.17) is 12.2 Å². The van der Waals surface area contributed by atoms with E-state index < -0.39 is 28.2 Å². The lowest BCUT2D eigenvalue weighted by Gasteiger charge is -2.27. The van der Waals surface area contributed by atoms with Crippen molar-refractivity contribution in [2.24, 2.45) is 0 Å². The standard InChI is InChI=1S/C14H11N3O5S/c1-2-5-16-13(20)9(12(19)15-14(16)23)6-8-3-4-10(17(21)22)11(18)7-8/h2-4,6-7,18H,1,5H2,(H,15,19,23)/b9-6+. The number of nitrogens with one attached hydrogen (secondary N) is 1. The highest BCUT2D eigenvalue weighted by atomic mass is 32.1. The van der Waals surface area contributed by atoms with Gasteiger partial charge in [-0.2, -0.15) is 0 Å². The van der Waals surface area contributed by atoms with Crippen molar-refractivity contribution in [2.75, 3.05) is 6.54 Å². The molecule has 0 unspecified atom stereocenters. The number of hydrogen-bond acceptors (Lipinski definition) is 6. The maximum Gasteiger partial charge on any atom is 0.310 e. The molecule has 1 fully saturated rings. The van der Waals surface area contributed by atoms with Gasteiger partial charge in [0, 0.05) is 12.6 Å². The summed E-state index contributed by atoms with van der Waals surface area (Å²) in [7, 11) is 0. The first kappa shape index (κ1) is 16.3. The molecule has 0 atom stereocenters. The lowest BCUT2D eigenvalue weighted by Crippen LogP contribution is -2.53. The highest BCUT2D eigenvalue weighted by Gasteiger charge is 2.32. The molecule has 1 aliphatic heterocycles. The van der Waals surface area contributed by atoms with E-state index in [0.717, 1.165) is 17.0 Å². The number of thiocarbonyl (C=S) groups is 1. The van der Waals surface area contributed by atoms with Gasteiger partial charge in [-0.15, -0.1) is 6.58 Å². The van der Waals surface area contributed by atoms with Gasteiger partial charge in [0.25, 0.3) is 11.8 Å². The summed E-state index contributed by atoms with van der Waals surface area (Å²) >= 11 is 4.91. The maximum absolute atomic E-state index is 12.3. The van der Waals surface area contributed by atoms with E-state index in [1.807, 2.05) is 0 Å². The smallest absolute Gasteiger partial charge is 0.310 e. The molecular weight excluding hydrogens is 322 g/mol. The van der Waals surface area contributed by atoms with Gasteiger partial charge >= 0.3 is 5.69 Å². The number of phenols is 1. The lowest BCUT2D eigenvalue weighted by atomic mass is 10.1. The zero-order valence-electron chi connectivity index (χ0n) is 11.7. The number of nitrogens with zero attached hydrogens (tertiary/aromatic N) is 2. The molecule has 0 aromatic heterocycles. The lowest BCUT2D eigenvalue weighted by molar-refractivity contribution is -0.385. The topological polar surface area (TPSA) is 113 Å². The minimum atomic E-state index is -0.741. The van der Waals surface area contributed by atoms with Gasteiger partial charge in [0.2, 0.25) is 0 Å². The van der Waals surface area contributed by atoms with Crippen molar-refractivity contribution in [3.05, 3.63) is 52.1 Å². The van der Waals surface area contributed by atoms with Crippen molar-refractivity contribution >= 4 is 40.9 Å². The third-order valence-electron chi connectivity index (χ3n) is 3.00. The molecule has 8 nitrogen and oxygen atoms in total. The molecule has 1 aromatic rings.